The number of nitrogens with zero attached hydrogens (tertiary/aromatic N) is 9. The molecule has 456 valence electrons. The van der Waals surface area contributed by atoms with Crippen molar-refractivity contribution in [1.82, 2.24) is 54.6 Å². The van der Waals surface area contributed by atoms with Crippen molar-refractivity contribution in [3.8, 4) is 0 Å². The van der Waals surface area contributed by atoms with Crippen molar-refractivity contribution >= 4 is 90.5 Å². The van der Waals surface area contributed by atoms with Crippen molar-refractivity contribution in [2.45, 2.75) is 25.2 Å². The van der Waals surface area contributed by atoms with Gasteiger partial charge in [0, 0.05) is 60.5 Å². The van der Waals surface area contributed by atoms with Gasteiger partial charge < -0.3 is 65.3 Å². The average molecular weight is 1220 g/mol. The van der Waals surface area contributed by atoms with Crippen LogP contribution in [0.1, 0.15) is 71.2 Å². The quantitative estimate of drug-likeness (QED) is 0.102. The molecular weight excluding hydrogens is 1150 g/mol. The Morgan fingerprint density at radius 2 is 1.30 bits per heavy atom. The second-order valence-electron chi connectivity index (χ2n) is 17.6. The van der Waals surface area contributed by atoms with Gasteiger partial charge in [-0.15, -0.1) is 0 Å². The predicted molar refractivity (Wildman–Crippen MR) is 321 cm³/mol. The van der Waals surface area contributed by atoms with Gasteiger partial charge in [0.15, 0.2) is 0 Å². The lowest BCUT2D eigenvalue weighted by atomic mass is 10.2. The molecule has 0 spiro atoms. The minimum Gasteiger partial charge on any atom is -0.477 e. The van der Waals surface area contributed by atoms with Crippen LogP contribution in [0.15, 0.2) is 164 Å². The average Bonchev–Trinajstić information content (AvgIpc) is 2.49. The van der Waals surface area contributed by atoms with Gasteiger partial charge in [0.25, 0.3) is 11.8 Å². The number of ether oxygens (including phenoxy) is 1. The third-order valence-corrected chi connectivity index (χ3v) is 11.7. The summed E-state index contributed by atoms with van der Waals surface area (Å²) in [5.74, 6) is -2.09. The number of hydrogen-bond acceptors (Lipinski definition) is 21. The lowest BCUT2D eigenvalue weighted by Crippen LogP contribution is -2.13. The third kappa shape index (κ3) is 25.1. The van der Waals surface area contributed by atoms with Crippen molar-refractivity contribution in [3.63, 3.8) is 0 Å². The monoisotopic (exact) mass is 1210 g/mol. The first-order valence-corrected chi connectivity index (χ1v) is 26.4. The molecule has 1 aliphatic carbocycles. The predicted octanol–water partition coefficient (Wildman–Crippen LogP) is 3.29. The fourth-order valence-electron chi connectivity index (χ4n) is 6.23. The van der Waals surface area contributed by atoms with Gasteiger partial charge in [-0.3, -0.25) is 34.2 Å². The molecule has 87 heavy (non-hydrogen) atoms. The zero-order valence-corrected chi connectivity index (χ0v) is 47.8. The number of hydrogen-bond donors (Lipinski definition) is 12. The standard InChI is InChI=1S/C9H7FN2O.C8H9N3.C7H8N2O2.C6H6N2O2.C6H6N2O.C5H7N3O.C5H6N2O2S.C5H9NO.C4H5N3/c10-5-1-2-6-7(9(11)13)4-12-8(6)3-5;1-11-7-5-3-2-4-6(7)10-8(11)9;1-11-7(10)6-3-2-5(8)4-9-6;7-4-1-2-5(6(9)10)8-3-4;7-6(9)5-2-1-3-8-4-5;1-3-2-4(5(6)9)8-7-3;6-10(8,9)5-2-1-3-7-4-5;1-3-2-4(3)5(6)7;5-4-1-6-3-7-2-4/h1-4,12H,(H2,11,13);2-5H,1H3,(H2,9,10);2-4H,8H2,1H3;1-3H,7H2,(H,9,10);1-4H,(H2,7,9);2H,1H3,(H2,6,9)(H,7,8);1-4H,(H2,6,8,9);3-4H,2H2,1H3,(H2,6,7);1-3H,5H2. The van der Waals surface area contributed by atoms with Gasteiger partial charge in [0.1, 0.15) is 34.1 Å². The van der Waals surface area contributed by atoms with Gasteiger partial charge in [0.05, 0.1) is 71.1 Å². The number of carboxylic acids is 1. The molecule has 10 aromatic rings. The maximum atomic E-state index is 12.7. The van der Waals surface area contributed by atoms with Crippen molar-refractivity contribution in [3.05, 3.63) is 199 Å². The topological polar surface area (TPSA) is 540 Å². The van der Waals surface area contributed by atoms with E-state index in [0.29, 0.717) is 51.0 Å². The first-order valence-electron chi connectivity index (χ1n) is 24.9. The van der Waals surface area contributed by atoms with E-state index < -0.39 is 39.7 Å². The maximum Gasteiger partial charge on any atom is 0.356 e. The van der Waals surface area contributed by atoms with E-state index >= 15 is 0 Å². The van der Waals surface area contributed by atoms with Crippen LogP contribution in [-0.2, 0) is 26.6 Å². The molecule has 2 aromatic carbocycles. The first-order chi connectivity index (χ1) is 41.1. The Morgan fingerprint density at radius 3 is 1.68 bits per heavy atom. The fraction of sp³-hybridized carbons (Fsp3) is 0.127. The number of halogens is 1. The molecule has 1 fully saturated rings. The van der Waals surface area contributed by atoms with Crippen LogP contribution < -0.4 is 51.0 Å². The van der Waals surface area contributed by atoms with Gasteiger partial charge in [-0.2, -0.15) is 5.10 Å². The number of imidazole rings is 1. The van der Waals surface area contributed by atoms with Crippen LogP contribution in [0.2, 0.25) is 0 Å². The number of primary amides is 4. The van der Waals surface area contributed by atoms with Gasteiger partial charge >= 0.3 is 11.9 Å². The smallest absolute Gasteiger partial charge is 0.356 e. The molecule has 0 radical (unpaired) electrons. The van der Waals surface area contributed by atoms with E-state index in [2.05, 4.69) is 54.8 Å². The Kier molecular flexibility index (Phi) is 27.6. The Hall–Kier alpha value is -11.8. The third-order valence-electron chi connectivity index (χ3n) is 10.8. The molecule has 32 heteroatoms. The number of H-pyrrole nitrogens is 2. The lowest BCUT2D eigenvalue weighted by molar-refractivity contribution is -0.119. The number of amides is 4. The largest absolute Gasteiger partial charge is 0.477 e. The van der Waals surface area contributed by atoms with Gasteiger partial charge in [-0.25, -0.2) is 52.5 Å². The zero-order valence-electron chi connectivity index (χ0n) is 47.0. The summed E-state index contributed by atoms with van der Waals surface area (Å²) in [7, 11) is -0.352. The first kappa shape index (κ1) is 69.5. The Labute approximate surface area is 495 Å². The zero-order chi connectivity index (χ0) is 64.8. The number of para-hydroxylation sites is 2. The normalized spacial score (nSPS) is 12.1. The van der Waals surface area contributed by atoms with Crippen molar-refractivity contribution < 1.29 is 51.4 Å². The van der Waals surface area contributed by atoms with Crippen LogP contribution in [0.4, 0.5) is 27.4 Å². The Balaban J connectivity index is 0.000000258. The molecule has 0 aliphatic heterocycles. The number of benzene rings is 2. The van der Waals surface area contributed by atoms with Crippen LogP contribution in [0.3, 0.4) is 0 Å². The van der Waals surface area contributed by atoms with Crippen molar-refractivity contribution in [2.75, 3.05) is 30.0 Å². The summed E-state index contributed by atoms with van der Waals surface area (Å²) in [6.07, 6.45) is 15.5. The van der Waals surface area contributed by atoms with E-state index in [-0.39, 0.29) is 39.6 Å². The fourth-order valence-corrected chi connectivity index (χ4v) is 6.70. The lowest BCUT2D eigenvalue weighted by Gasteiger charge is -1.96. The van der Waals surface area contributed by atoms with Gasteiger partial charge in [0.2, 0.25) is 27.8 Å². The molecule has 1 aliphatic rings. The summed E-state index contributed by atoms with van der Waals surface area (Å²) in [5.41, 5.74) is 47.8. The van der Waals surface area contributed by atoms with E-state index in [1.807, 2.05) is 42.8 Å². The number of carboxylic acid groups (broad SMARTS) is 1. The highest BCUT2D eigenvalue weighted by atomic mass is 32.2. The molecule has 1 saturated carbocycles. The Bertz CT molecular complexity index is 3940. The molecule has 8 heterocycles. The number of pyridine rings is 4. The number of anilines is 4. The number of rotatable bonds is 7. The highest BCUT2D eigenvalue weighted by molar-refractivity contribution is 7.89. The maximum absolute atomic E-state index is 12.7. The van der Waals surface area contributed by atoms with Gasteiger partial charge in [-0.05, 0) is 104 Å². The number of aromatic carboxylic acids is 1. The van der Waals surface area contributed by atoms with E-state index in [4.69, 9.17) is 56.1 Å². The summed E-state index contributed by atoms with van der Waals surface area (Å²) in [5, 5.41) is 20.0. The molecule has 4 amide bonds. The number of carbonyl (C=O) groups is 6. The second kappa shape index (κ2) is 34.6. The number of aryl methyl sites for hydroxylation is 2. The number of nitrogens with two attached hydrogens (primary N) is 9. The number of esters is 1. The van der Waals surface area contributed by atoms with E-state index in [9.17, 15) is 41.6 Å². The minimum absolute atomic E-state index is 0.00852. The number of methoxy groups -OCH3 is 1. The molecule has 2 unspecified atom stereocenters. The molecule has 2 atom stereocenters. The van der Waals surface area contributed by atoms with Crippen molar-refractivity contribution in [2.24, 2.45) is 47.0 Å². The van der Waals surface area contributed by atoms with Crippen LogP contribution >= 0.6 is 0 Å². The number of fused-ring (bicyclic) bond motifs is 2. The number of primary sulfonamides is 1. The highest BCUT2D eigenvalue weighted by Gasteiger charge is 2.37. The summed E-state index contributed by atoms with van der Waals surface area (Å²) >= 11 is 0. The van der Waals surface area contributed by atoms with Crippen LogP contribution in [0, 0.1) is 24.6 Å². The number of aromatic amines is 2. The van der Waals surface area contributed by atoms with E-state index in [0.717, 1.165) is 23.1 Å². The minimum atomic E-state index is -3.57. The molecular formula is C55H63FN20O10S. The number of nitrogens with one attached hydrogen (secondary N) is 2. The van der Waals surface area contributed by atoms with Gasteiger partial charge in [-0.1, -0.05) is 19.1 Å². The number of nitrogen functional groups attached to an aromatic ring is 4. The molecule has 11 rings (SSSR count). The molecule has 0 saturated heterocycles. The summed E-state index contributed by atoms with van der Waals surface area (Å²) in [6, 6.07) is 25.8. The van der Waals surface area contributed by atoms with Crippen molar-refractivity contribution in [1.29, 1.82) is 0 Å². The molecule has 8 aromatic heterocycles. The SMILES string of the molecule is CC1CC1C(N)=O.COC(=O)c1ccc(N)cn1.Cc1cc(C(N)=O)n[nH]1.Cn1c(N)nc2ccccc21.NC(=O)c1c[nH]c2cc(F)ccc12.NC(=O)c1cccnc1.NS(=O)(=O)c1cccnc1.Nc1ccc(C(=O)O)nc1.Nc1cncnc1. The Morgan fingerprint density at radius 1 is 0.701 bits per heavy atom. The van der Waals surface area contributed by atoms with Crippen LogP contribution in [0.25, 0.3) is 21.9 Å². The summed E-state index contributed by atoms with van der Waals surface area (Å²) < 4.78 is 40.2. The number of aromatic nitrogens is 11. The van der Waals surface area contributed by atoms with E-state index in [1.165, 1.54) is 99.1 Å². The highest BCUT2D eigenvalue weighted by Crippen LogP contribution is 2.36. The summed E-state index contributed by atoms with van der Waals surface area (Å²) in [6.45, 7) is 3.84. The molecule has 0 bridgehead atoms. The molecule has 30 nitrogen and oxygen atoms in total. The molecule has 21 N–H and O–H groups in total. The number of carbonyl (C=O) groups excluding carboxylic acids is 5. The van der Waals surface area contributed by atoms with E-state index in [1.54, 1.807) is 49.8 Å². The van der Waals surface area contributed by atoms with Crippen LogP contribution in [-0.4, -0.2) is 111 Å². The van der Waals surface area contributed by atoms with Crippen LogP contribution in [0.5, 0.6) is 0 Å². The number of sulfonamides is 1. The second-order valence-corrected chi connectivity index (χ2v) is 19.1. The summed E-state index contributed by atoms with van der Waals surface area (Å²) in [4.78, 5) is 91.7.